The molecule has 0 aliphatic heterocycles. The van der Waals surface area contributed by atoms with E-state index in [1.54, 1.807) is 0 Å². The maximum atomic E-state index is 13.0. The number of rotatable bonds is 9. The predicted molar refractivity (Wildman–Crippen MR) is 76.3 cm³/mol. The molecule has 19 heavy (non-hydrogen) atoms. The fraction of sp³-hybridized carbons (Fsp3) is 0.625. The van der Waals surface area contributed by atoms with Gasteiger partial charge in [-0.15, -0.1) is 0 Å². The normalized spacial score (nSPS) is 12.6. The highest BCUT2D eigenvalue weighted by Crippen LogP contribution is 2.13. The van der Waals surface area contributed by atoms with Crippen molar-refractivity contribution in [3.8, 4) is 0 Å². The Bertz CT molecular complexity index is 346. The Labute approximate surface area is 115 Å². The van der Waals surface area contributed by atoms with Crippen LogP contribution in [0.3, 0.4) is 0 Å². The first-order chi connectivity index (χ1) is 9.15. The molecule has 1 unspecified atom stereocenters. The molecule has 0 aliphatic rings. The monoisotopic (exact) mass is 269 g/mol. The van der Waals surface area contributed by atoms with Gasteiger partial charge in [0.1, 0.15) is 11.6 Å². The minimum absolute atomic E-state index is 0.482. The van der Waals surface area contributed by atoms with Crippen LogP contribution in [-0.2, 0) is 6.42 Å². The van der Waals surface area contributed by atoms with Gasteiger partial charge in [-0.1, -0.05) is 20.3 Å². The van der Waals surface area contributed by atoms with Gasteiger partial charge in [0.2, 0.25) is 0 Å². The molecular formula is C16H25F2N. The largest absolute Gasteiger partial charge is 0.314 e. The third-order valence-electron chi connectivity index (χ3n) is 3.26. The van der Waals surface area contributed by atoms with Gasteiger partial charge in [-0.2, -0.15) is 0 Å². The maximum absolute atomic E-state index is 13.0. The van der Waals surface area contributed by atoms with Crippen molar-refractivity contribution in [2.45, 2.75) is 58.4 Å². The summed E-state index contributed by atoms with van der Waals surface area (Å²) in [6.45, 7) is 5.38. The molecule has 1 rings (SSSR count). The molecule has 1 aromatic carbocycles. The summed E-state index contributed by atoms with van der Waals surface area (Å²) < 4.78 is 26.1. The van der Waals surface area contributed by atoms with E-state index in [0.29, 0.717) is 6.04 Å². The second kappa shape index (κ2) is 9.03. The van der Waals surface area contributed by atoms with E-state index in [0.717, 1.165) is 56.7 Å². The van der Waals surface area contributed by atoms with Gasteiger partial charge in [0.05, 0.1) is 0 Å². The predicted octanol–water partition coefficient (Wildman–Crippen LogP) is 4.46. The van der Waals surface area contributed by atoms with Gasteiger partial charge >= 0.3 is 0 Å². The first-order valence-electron chi connectivity index (χ1n) is 7.34. The van der Waals surface area contributed by atoms with Crippen molar-refractivity contribution in [3.05, 3.63) is 35.4 Å². The molecule has 0 fully saturated rings. The van der Waals surface area contributed by atoms with Crippen LogP contribution in [0.2, 0.25) is 0 Å². The second-order valence-electron chi connectivity index (χ2n) is 5.11. The summed E-state index contributed by atoms with van der Waals surface area (Å²) >= 11 is 0. The molecule has 0 aromatic heterocycles. The van der Waals surface area contributed by atoms with E-state index in [2.05, 4.69) is 19.2 Å². The molecule has 0 bridgehead atoms. The standard InChI is InChI=1S/C16H25F2N/c1-3-6-16(19-9-4-2)8-5-7-13-10-14(17)12-15(18)11-13/h10-12,16,19H,3-9H2,1-2H3. The van der Waals surface area contributed by atoms with Crippen LogP contribution < -0.4 is 5.32 Å². The highest BCUT2D eigenvalue weighted by Gasteiger charge is 2.07. The zero-order chi connectivity index (χ0) is 14.1. The van der Waals surface area contributed by atoms with Crippen LogP contribution in [0.15, 0.2) is 18.2 Å². The molecule has 0 amide bonds. The van der Waals surface area contributed by atoms with Crippen LogP contribution in [0.25, 0.3) is 0 Å². The average molecular weight is 269 g/mol. The third kappa shape index (κ3) is 6.67. The molecule has 0 spiro atoms. The first-order valence-corrected chi connectivity index (χ1v) is 7.34. The Hall–Kier alpha value is -0.960. The second-order valence-corrected chi connectivity index (χ2v) is 5.11. The van der Waals surface area contributed by atoms with Gasteiger partial charge < -0.3 is 5.32 Å². The molecule has 1 N–H and O–H groups in total. The summed E-state index contributed by atoms with van der Waals surface area (Å²) in [5.74, 6) is -0.964. The van der Waals surface area contributed by atoms with E-state index in [1.807, 2.05) is 0 Å². The molecular weight excluding hydrogens is 244 g/mol. The lowest BCUT2D eigenvalue weighted by Gasteiger charge is -2.17. The fourth-order valence-corrected chi connectivity index (χ4v) is 2.35. The van der Waals surface area contributed by atoms with Crippen molar-refractivity contribution in [2.75, 3.05) is 6.54 Å². The summed E-state index contributed by atoms with van der Waals surface area (Å²) in [7, 11) is 0. The zero-order valence-corrected chi connectivity index (χ0v) is 12.0. The van der Waals surface area contributed by atoms with Gasteiger partial charge in [-0.05, 0) is 56.3 Å². The Morgan fingerprint density at radius 3 is 2.26 bits per heavy atom. The minimum atomic E-state index is -0.482. The molecule has 1 aromatic rings. The molecule has 1 atom stereocenters. The van der Waals surface area contributed by atoms with E-state index < -0.39 is 11.6 Å². The van der Waals surface area contributed by atoms with E-state index in [4.69, 9.17) is 0 Å². The Balaban J connectivity index is 2.37. The van der Waals surface area contributed by atoms with Crippen molar-refractivity contribution < 1.29 is 8.78 Å². The Kier molecular flexibility index (Phi) is 7.65. The van der Waals surface area contributed by atoms with Crippen molar-refractivity contribution in [1.29, 1.82) is 0 Å². The van der Waals surface area contributed by atoms with E-state index in [1.165, 1.54) is 12.1 Å². The van der Waals surface area contributed by atoms with Crippen molar-refractivity contribution in [1.82, 2.24) is 5.32 Å². The molecule has 0 radical (unpaired) electrons. The SMILES string of the molecule is CCCNC(CCC)CCCc1cc(F)cc(F)c1. The fourth-order valence-electron chi connectivity index (χ4n) is 2.35. The molecule has 0 saturated carbocycles. The number of halogens is 2. The van der Waals surface area contributed by atoms with Crippen LogP contribution in [0.5, 0.6) is 0 Å². The lowest BCUT2D eigenvalue weighted by molar-refractivity contribution is 0.437. The van der Waals surface area contributed by atoms with Gasteiger partial charge in [0, 0.05) is 12.1 Å². The van der Waals surface area contributed by atoms with Crippen LogP contribution in [0, 0.1) is 11.6 Å². The number of hydrogen-bond donors (Lipinski definition) is 1. The van der Waals surface area contributed by atoms with E-state index >= 15 is 0 Å². The van der Waals surface area contributed by atoms with Crippen LogP contribution in [0.4, 0.5) is 8.78 Å². The Morgan fingerprint density at radius 1 is 1.00 bits per heavy atom. The molecule has 108 valence electrons. The number of benzene rings is 1. The number of aryl methyl sites for hydroxylation is 1. The quantitative estimate of drug-likeness (QED) is 0.698. The van der Waals surface area contributed by atoms with Crippen LogP contribution in [-0.4, -0.2) is 12.6 Å². The average Bonchev–Trinajstić information content (AvgIpc) is 2.34. The van der Waals surface area contributed by atoms with E-state index in [9.17, 15) is 8.78 Å². The maximum Gasteiger partial charge on any atom is 0.126 e. The lowest BCUT2D eigenvalue weighted by atomic mass is 10.0. The van der Waals surface area contributed by atoms with Crippen molar-refractivity contribution in [2.24, 2.45) is 0 Å². The summed E-state index contributed by atoms with van der Waals surface area (Å²) in [5, 5.41) is 3.53. The van der Waals surface area contributed by atoms with Gasteiger partial charge in [0.15, 0.2) is 0 Å². The van der Waals surface area contributed by atoms with Gasteiger partial charge in [-0.3, -0.25) is 0 Å². The summed E-state index contributed by atoms with van der Waals surface area (Å²) in [6.07, 6.45) is 6.22. The zero-order valence-electron chi connectivity index (χ0n) is 12.0. The molecule has 0 saturated heterocycles. The van der Waals surface area contributed by atoms with Crippen LogP contribution >= 0.6 is 0 Å². The Morgan fingerprint density at radius 2 is 1.68 bits per heavy atom. The van der Waals surface area contributed by atoms with E-state index in [-0.39, 0.29) is 0 Å². The number of hydrogen-bond acceptors (Lipinski definition) is 1. The van der Waals surface area contributed by atoms with Gasteiger partial charge in [0.25, 0.3) is 0 Å². The minimum Gasteiger partial charge on any atom is -0.314 e. The topological polar surface area (TPSA) is 12.0 Å². The van der Waals surface area contributed by atoms with Gasteiger partial charge in [-0.25, -0.2) is 8.78 Å². The number of nitrogens with one attached hydrogen (secondary N) is 1. The molecule has 3 heteroatoms. The smallest absolute Gasteiger partial charge is 0.126 e. The summed E-state index contributed by atoms with van der Waals surface area (Å²) in [4.78, 5) is 0. The van der Waals surface area contributed by atoms with Crippen molar-refractivity contribution in [3.63, 3.8) is 0 Å². The highest BCUT2D eigenvalue weighted by molar-refractivity contribution is 5.17. The third-order valence-corrected chi connectivity index (χ3v) is 3.26. The highest BCUT2D eigenvalue weighted by atomic mass is 19.1. The molecule has 1 nitrogen and oxygen atoms in total. The lowest BCUT2D eigenvalue weighted by Crippen LogP contribution is -2.29. The summed E-state index contributed by atoms with van der Waals surface area (Å²) in [5.41, 5.74) is 0.753. The first kappa shape index (κ1) is 16.1. The van der Waals surface area contributed by atoms with Crippen LogP contribution in [0.1, 0.15) is 51.5 Å². The molecule has 0 aliphatic carbocycles. The van der Waals surface area contributed by atoms with Crippen molar-refractivity contribution >= 4 is 0 Å². The summed E-state index contributed by atoms with van der Waals surface area (Å²) in [6, 6.07) is 4.31. The molecule has 0 heterocycles.